The van der Waals surface area contributed by atoms with E-state index in [4.69, 9.17) is 5.11 Å². The Hall–Kier alpha value is -1.31. The summed E-state index contributed by atoms with van der Waals surface area (Å²) in [5.41, 5.74) is -3.22. The zero-order chi connectivity index (χ0) is 16.6. The first-order chi connectivity index (χ1) is 8.84. The minimum atomic E-state index is -3.22. The molecule has 0 saturated carbocycles. The monoisotopic (exact) mass is 402 g/mol. The number of aliphatic hydroxyl groups is 1. The normalized spacial score (nSPS) is 9.38. The molecule has 0 aromatic carbocycles. The summed E-state index contributed by atoms with van der Waals surface area (Å²) in [5.74, 6) is -6.22. The van der Waals surface area contributed by atoms with Crippen LogP contribution in [0.3, 0.4) is 0 Å². The summed E-state index contributed by atoms with van der Waals surface area (Å²) in [5, 5.41) is 49.2. The average Bonchev–Trinajstić information content (AvgIpc) is 2.12. The number of carboxylic acid groups (broad SMARTS) is 3. The number of hydrogen-bond donors (Lipinski definition) is 1. The molecule has 0 rings (SSSR count). The van der Waals surface area contributed by atoms with E-state index in [1.54, 1.807) is 0 Å². The van der Waals surface area contributed by atoms with Crippen LogP contribution < -0.4 is 20.4 Å². The van der Waals surface area contributed by atoms with Gasteiger partial charge < -0.3 is 60.8 Å². The van der Waals surface area contributed by atoms with Crippen LogP contribution in [0.25, 0.3) is 0 Å². The van der Waals surface area contributed by atoms with Crippen LogP contribution in [-0.4, -0.2) is 83.8 Å². The molecular formula is C11H24FeNO11. The molecule has 0 aliphatic heterocycles. The molecule has 0 atom stereocenters. The number of likely N-dealkylation sites (N-methyl/N-ethyl adjacent to an activating group) is 1. The van der Waals surface area contributed by atoms with E-state index in [0.717, 1.165) is 11.0 Å². The molecule has 0 fully saturated rings. The zero-order valence-corrected chi connectivity index (χ0v) is 14.5. The van der Waals surface area contributed by atoms with E-state index < -0.39 is 36.4 Å². The van der Waals surface area contributed by atoms with Crippen molar-refractivity contribution in [2.45, 2.75) is 18.4 Å². The fraction of sp³-hybridized carbons (Fsp3) is 0.727. The van der Waals surface area contributed by atoms with Crippen LogP contribution in [0.5, 0.6) is 0 Å². The summed E-state index contributed by atoms with van der Waals surface area (Å²) < 4.78 is 0.844. The smallest absolute Gasteiger partial charge is 0.845 e. The van der Waals surface area contributed by atoms with Crippen molar-refractivity contribution < 1.29 is 77.9 Å². The van der Waals surface area contributed by atoms with Gasteiger partial charge >= 0.3 is 17.1 Å². The van der Waals surface area contributed by atoms with Gasteiger partial charge in [0.2, 0.25) is 0 Å². The molecule has 0 heterocycles. The molecule has 0 aliphatic rings. The number of quaternary nitrogens is 1. The third-order valence-electron chi connectivity index (χ3n) is 2.00. The molecule has 24 heavy (non-hydrogen) atoms. The van der Waals surface area contributed by atoms with Gasteiger partial charge in [-0.05, 0) is 12.8 Å². The Bertz CT molecular complexity index is 340. The van der Waals surface area contributed by atoms with E-state index in [9.17, 15) is 34.8 Å². The maximum atomic E-state index is 10.9. The largest absolute Gasteiger partial charge is 3.00 e. The van der Waals surface area contributed by atoms with Crippen LogP contribution in [0.4, 0.5) is 0 Å². The van der Waals surface area contributed by atoms with Crippen LogP contribution in [-0.2, 0) is 31.5 Å². The maximum Gasteiger partial charge on any atom is 3.00 e. The number of aliphatic hydroxyl groups excluding tert-OH is 1. The van der Waals surface area contributed by atoms with Crippen molar-refractivity contribution in [3.05, 3.63) is 0 Å². The number of nitrogens with zero attached hydrogens (tertiary/aromatic N) is 1. The second-order valence-electron chi connectivity index (χ2n) is 5.12. The SMILES string of the molecule is C[N+](C)(C)CCO.O.O.O.O=C([O-])CC([O-])(CC(=O)[O-])C(=O)[O-].[Fe+3]. The molecule has 0 saturated heterocycles. The molecule has 1 radical (unpaired) electrons. The molecule has 13 heteroatoms. The Labute approximate surface area is 149 Å². The molecule has 12 nitrogen and oxygen atoms in total. The van der Waals surface area contributed by atoms with Gasteiger partial charge in [-0.1, -0.05) is 5.60 Å². The van der Waals surface area contributed by atoms with Crippen molar-refractivity contribution >= 4 is 17.9 Å². The van der Waals surface area contributed by atoms with Crippen LogP contribution in [0.2, 0.25) is 0 Å². The van der Waals surface area contributed by atoms with Crippen molar-refractivity contribution in [1.82, 2.24) is 0 Å². The second kappa shape index (κ2) is 16.5. The molecule has 0 amide bonds. The minimum Gasteiger partial charge on any atom is -0.845 e. The van der Waals surface area contributed by atoms with E-state index in [-0.39, 0.29) is 40.1 Å². The molecule has 0 aliphatic carbocycles. The summed E-state index contributed by atoms with van der Waals surface area (Å²) in [7, 11) is 6.16. The molecular weight excluding hydrogens is 378 g/mol. The fourth-order valence-electron chi connectivity index (χ4n) is 0.973. The number of carboxylic acids is 3. The van der Waals surface area contributed by atoms with Gasteiger partial charge in [0.25, 0.3) is 0 Å². The van der Waals surface area contributed by atoms with Crippen LogP contribution in [0.15, 0.2) is 0 Å². The van der Waals surface area contributed by atoms with Gasteiger partial charge in [-0.15, -0.1) is 0 Å². The summed E-state index contributed by atoms with van der Waals surface area (Å²) in [6.07, 6.45) is -2.94. The maximum absolute atomic E-state index is 10.9. The molecule has 7 N–H and O–H groups in total. The van der Waals surface area contributed by atoms with Crippen molar-refractivity contribution in [2.24, 2.45) is 0 Å². The molecule has 0 bridgehead atoms. The van der Waals surface area contributed by atoms with E-state index in [0.29, 0.717) is 0 Å². The van der Waals surface area contributed by atoms with Gasteiger partial charge in [-0.25, -0.2) is 0 Å². The van der Waals surface area contributed by atoms with Crippen LogP contribution in [0, 0.1) is 0 Å². The predicted molar refractivity (Wildman–Crippen MR) is 67.8 cm³/mol. The summed E-state index contributed by atoms with van der Waals surface area (Å²) in [6.45, 7) is 1.11. The van der Waals surface area contributed by atoms with Crippen LogP contribution >= 0.6 is 0 Å². The number of carbonyl (C=O) groups excluding carboxylic acids is 3. The van der Waals surface area contributed by atoms with Gasteiger partial charge in [0.15, 0.2) is 0 Å². The topological polar surface area (TPSA) is 258 Å². The van der Waals surface area contributed by atoms with Gasteiger partial charge in [-0.3, -0.25) is 0 Å². The molecule has 0 aromatic rings. The van der Waals surface area contributed by atoms with E-state index >= 15 is 0 Å². The summed E-state index contributed by atoms with van der Waals surface area (Å²) in [6, 6.07) is 0. The minimum absolute atomic E-state index is 0. The van der Waals surface area contributed by atoms with Crippen molar-refractivity contribution in [3.63, 3.8) is 0 Å². The van der Waals surface area contributed by atoms with E-state index in [1.165, 1.54) is 0 Å². The number of aliphatic carboxylic acids is 3. The first kappa shape index (κ1) is 38.3. The first-order valence-corrected chi connectivity index (χ1v) is 5.57. The Morgan fingerprint density at radius 3 is 1.29 bits per heavy atom. The van der Waals surface area contributed by atoms with Crippen molar-refractivity contribution in [1.29, 1.82) is 0 Å². The molecule has 0 aromatic heterocycles. The zero-order valence-electron chi connectivity index (χ0n) is 13.4. The fourth-order valence-corrected chi connectivity index (χ4v) is 0.973. The predicted octanol–water partition coefficient (Wildman–Crippen LogP) is -8.68. The molecule has 147 valence electrons. The van der Waals surface area contributed by atoms with Gasteiger partial charge in [0.1, 0.15) is 6.54 Å². The van der Waals surface area contributed by atoms with E-state index in [1.807, 2.05) is 0 Å². The summed E-state index contributed by atoms with van der Waals surface area (Å²) in [4.78, 5) is 29.9. The molecule has 0 unspecified atom stereocenters. The number of carbonyl (C=O) groups is 3. The summed E-state index contributed by atoms with van der Waals surface area (Å²) >= 11 is 0. The van der Waals surface area contributed by atoms with Gasteiger partial charge in [0, 0.05) is 17.9 Å². The van der Waals surface area contributed by atoms with E-state index in [2.05, 4.69) is 21.1 Å². The average molecular weight is 402 g/mol. The third-order valence-corrected chi connectivity index (χ3v) is 2.00. The van der Waals surface area contributed by atoms with Gasteiger partial charge in [-0.2, -0.15) is 0 Å². The second-order valence-corrected chi connectivity index (χ2v) is 5.12. The van der Waals surface area contributed by atoms with Crippen molar-refractivity contribution in [3.8, 4) is 0 Å². The standard InChI is InChI=1S/C6H7O7.C5H14NO.Fe.3H2O/c7-3(8)1-6(13,5(11)12)2-4(9)10;1-6(2,3)4-5-7;;;;/h1-2H2,(H,7,8)(H,9,10)(H,11,12);7H,4-5H2,1-3H3;;3*1H2/q-1;+1;+3;;;/p-3. The van der Waals surface area contributed by atoms with Crippen molar-refractivity contribution in [2.75, 3.05) is 34.3 Å². The van der Waals surface area contributed by atoms with Gasteiger partial charge in [0.05, 0.1) is 27.7 Å². The Morgan fingerprint density at radius 2 is 1.21 bits per heavy atom. The van der Waals surface area contributed by atoms with Crippen LogP contribution in [0.1, 0.15) is 12.8 Å². The third kappa shape index (κ3) is 23.0. The molecule has 0 spiro atoms. The quantitative estimate of drug-likeness (QED) is 0.315. The number of rotatable bonds is 7. The Morgan fingerprint density at radius 1 is 0.917 bits per heavy atom. The first-order valence-electron chi connectivity index (χ1n) is 5.57. The number of hydrogen-bond acceptors (Lipinski definition) is 8. The Balaban J connectivity index is -0.0000000650. The Kier molecular flexibility index (Phi) is 26.4.